The Morgan fingerprint density at radius 1 is 1.35 bits per heavy atom. The maximum Gasteiger partial charge on any atom is 0.332 e. The summed E-state index contributed by atoms with van der Waals surface area (Å²) in [6.07, 6.45) is 1.53. The zero-order valence-corrected chi connectivity index (χ0v) is 11.6. The van der Waals surface area contributed by atoms with Crippen LogP contribution < -0.4 is 11.2 Å². The Morgan fingerprint density at radius 2 is 2.05 bits per heavy atom. The van der Waals surface area contributed by atoms with Crippen LogP contribution in [0.25, 0.3) is 16.9 Å². The van der Waals surface area contributed by atoms with Crippen molar-refractivity contribution in [3.63, 3.8) is 0 Å². The summed E-state index contributed by atoms with van der Waals surface area (Å²) in [6, 6.07) is 0. The molecule has 0 aromatic carbocycles. The van der Waals surface area contributed by atoms with Gasteiger partial charge in [-0.25, -0.2) is 4.79 Å². The van der Waals surface area contributed by atoms with Gasteiger partial charge in [0.25, 0.3) is 5.56 Å². The molecule has 20 heavy (non-hydrogen) atoms. The Balaban J connectivity index is 2.64. The second-order valence-corrected chi connectivity index (χ2v) is 4.82. The summed E-state index contributed by atoms with van der Waals surface area (Å²) in [5, 5.41) is 0. The van der Waals surface area contributed by atoms with Gasteiger partial charge in [0.2, 0.25) is 5.78 Å². The molecule has 0 fully saturated rings. The number of aromatic amines is 1. The van der Waals surface area contributed by atoms with Crippen molar-refractivity contribution in [2.24, 2.45) is 7.05 Å². The molecule has 0 radical (unpaired) electrons. The summed E-state index contributed by atoms with van der Waals surface area (Å²) in [7, 11) is 1.61. The van der Waals surface area contributed by atoms with E-state index in [1.165, 1.54) is 10.6 Å². The van der Waals surface area contributed by atoms with Crippen molar-refractivity contribution in [3.8, 4) is 0 Å². The van der Waals surface area contributed by atoms with Crippen LogP contribution in [0.2, 0.25) is 0 Å². The zero-order valence-electron chi connectivity index (χ0n) is 11.6. The molecule has 3 aromatic rings. The lowest BCUT2D eigenvalue weighted by molar-refractivity contribution is 0.667. The fraction of sp³-hybridized carbons (Fsp3) is 0.308. The van der Waals surface area contributed by atoms with Crippen molar-refractivity contribution in [1.82, 2.24) is 23.5 Å². The van der Waals surface area contributed by atoms with Gasteiger partial charge in [-0.05, 0) is 13.8 Å². The SMILES string of the molecule is C=CCn1c(=O)c2c(nc3[nH]c(C)c(C)n32)n(C)c1=O. The number of nitrogens with zero attached hydrogens (tertiary/aromatic N) is 4. The van der Waals surface area contributed by atoms with Gasteiger partial charge in [0.1, 0.15) is 0 Å². The summed E-state index contributed by atoms with van der Waals surface area (Å²) >= 11 is 0. The molecular formula is C13H15N5O2. The van der Waals surface area contributed by atoms with Crippen LogP contribution in [0.5, 0.6) is 0 Å². The normalized spacial score (nSPS) is 11.6. The van der Waals surface area contributed by atoms with Gasteiger partial charge in [0, 0.05) is 25.0 Å². The first-order valence-electron chi connectivity index (χ1n) is 6.25. The molecule has 1 N–H and O–H groups in total. The fourth-order valence-corrected chi connectivity index (χ4v) is 2.45. The lowest BCUT2D eigenvalue weighted by Gasteiger charge is -2.05. The predicted octanol–water partition coefficient (Wildman–Crippen LogP) is 0.479. The van der Waals surface area contributed by atoms with Crippen LogP contribution in [0.15, 0.2) is 22.2 Å². The van der Waals surface area contributed by atoms with E-state index in [0.29, 0.717) is 16.9 Å². The number of fused-ring (bicyclic) bond motifs is 3. The van der Waals surface area contributed by atoms with Crippen molar-refractivity contribution < 1.29 is 0 Å². The molecule has 0 bridgehead atoms. The van der Waals surface area contributed by atoms with Gasteiger partial charge in [0.15, 0.2) is 11.2 Å². The molecule has 3 rings (SSSR count). The Morgan fingerprint density at radius 3 is 2.70 bits per heavy atom. The molecule has 7 heteroatoms. The third-order valence-corrected chi connectivity index (χ3v) is 3.63. The molecule has 0 unspecified atom stereocenters. The largest absolute Gasteiger partial charge is 0.332 e. The molecule has 104 valence electrons. The Labute approximate surface area is 113 Å². The summed E-state index contributed by atoms with van der Waals surface area (Å²) in [5.41, 5.74) is 1.90. The van der Waals surface area contributed by atoms with E-state index in [0.717, 1.165) is 16.0 Å². The molecule has 0 aliphatic carbocycles. The zero-order chi connectivity index (χ0) is 14.6. The van der Waals surface area contributed by atoms with Crippen LogP contribution in [0.1, 0.15) is 11.4 Å². The molecule has 0 atom stereocenters. The number of nitrogens with one attached hydrogen (secondary N) is 1. The number of hydrogen-bond donors (Lipinski definition) is 1. The number of aryl methyl sites for hydroxylation is 3. The smallest absolute Gasteiger partial charge is 0.327 e. The monoisotopic (exact) mass is 273 g/mol. The Bertz CT molecular complexity index is 967. The van der Waals surface area contributed by atoms with Crippen molar-refractivity contribution in [2.75, 3.05) is 0 Å². The molecule has 3 heterocycles. The van der Waals surface area contributed by atoms with Gasteiger partial charge in [-0.15, -0.1) is 6.58 Å². The minimum Gasteiger partial charge on any atom is -0.327 e. The average Bonchev–Trinajstić information content (AvgIpc) is 2.91. The van der Waals surface area contributed by atoms with E-state index < -0.39 is 5.69 Å². The highest BCUT2D eigenvalue weighted by molar-refractivity contribution is 5.76. The first-order valence-corrected chi connectivity index (χ1v) is 6.25. The van der Waals surface area contributed by atoms with Crippen molar-refractivity contribution in [1.29, 1.82) is 0 Å². The highest BCUT2D eigenvalue weighted by Gasteiger charge is 2.19. The third-order valence-electron chi connectivity index (χ3n) is 3.63. The van der Waals surface area contributed by atoms with Crippen molar-refractivity contribution >= 4 is 16.9 Å². The second kappa shape index (κ2) is 3.96. The summed E-state index contributed by atoms with van der Waals surface area (Å²) in [6.45, 7) is 7.58. The number of H-pyrrole nitrogens is 1. The number of hydrogen-bond acceptors (Lipinski definition) is 3. The highest BCUT2D eigenvalue weighted by atomic mass is 16.2. The quantitative estimate of drug-likeness (QED) is 0.690. The van der Waals surface area contributed by atoms with Crippen LogP contribution in [0.4, 0.5) is 0 Å². The number of allylic oxidation sites excluding steroid dienone is 1. The standard InChI is InChI=1S/C13H15N5O2/c1-5-6-17-11(19)9-10(16(4)13(17)20)15-12-14-7(2)8(3)18(9)12/h5H,1,6H2,2-4H3,(H,14,15). The van der Waals surface area contributed by atoms with Gasteiger partial charge in [0.05, 0.1) is 0 Å². The van der Waals surface area contributed by atoms with E-state index in [-0.39, 0.29) is 12.1 Å². The lowest BCUT2D eigenvalue weighted by atomic mass is 10.4. The highest BCUT2D eigenvalue weighted by Crippen LogP contribution is 2.16. The van der Waals surface area contributed by atoms with Crippen LogP contribution in [0.3, 0.4) is 0 Å². The average molecular weight is 273 g/mol. The molecule has 0 amide bonds. The molecule has 3 aromatic heterocycles. The first-order chi connectivity index (χ1) is 9.47. The number of imidazole rings is 2. The van der Waals surface area contributed by atoms with Gasteiger partial charge in [-0.3, -0.25) is 18.3 Å². The summed E-state index contributed by atoms with van der Waals surface area (Å²) < 4.78 is 4.30. The van der Waals surface area contributed by atoms with Crippen LogP contribution in [-0.4, -0.2) is 23.5 Å². The van der Waals surface area contributed by atoms with Crippen LogP contribution in [-0.2, 0) is 13.6 Å². The van der Waals surface area contributed by atoms with E-state index in [1.807, 2.05) is 13.8 Å². The van der Waals surface area contributed by atoms with E-state index >= 15 is 0 Å². The van der Waals surface area contributed by atoms with E-state index in [4.69, 9.17) is 0 Å². The van der Waals surface area contributed by atoms with Crippen LogP contribution in [0, 0.1) is 13.8 Å². The van der Waals surface area contributed by atoms with Gasteiger partial charge >= 0.3 is 5.69 Å². The Kier molecular flexibility index (Phi) is 2.47. The molecule has 0 saturated carbocycles. The molecule has 0 spiro atoms. The lowest BCUT2D eigenvalue weighted by Crippen LogP contribution is -2.39. The summed E-state index contributed by atoms with van der Waals surface area (Å²) in [5.74, 6) is 0.568. The minimum atomic E-state index is -0.391. The maximum atomic E-state index is 12.6. The van der Waals surface area contributed by atoms with Crippen molar-refractivity contribution in [2.45, 2.75) is 20.4 Å². The first kappa shape index (κ1) is 12.5. The molecular weight excluding hydrogens is 258 g/mol. The van der Waals surface area contributed by atoms with Crippen molar-refractivity contribution in [3.05, 3.63) is 44.9 Å². The molecule has 7 nitrogen and oxygen atoms in total. The maximum absolute atomic E-state index is 12.6. The third kappa shape index (κ3) is 1.37. The molecule has 0 saturated heterocycles. The van der Waals surface area contributed by atoms with E-state index in [2.05, 4.69) is 16.5 Å². The molecule has 0 aliphatic rings. The molecule has 0 aliphatic heterocycles. The second-order valence-electron chi connectivity index (χ2n) is 4.82. The van der Waals surface area contributed by atoms with Gasteiger partial charge in [-0.2, -0.15) is 4.98 Å². The van der Waals surface area contributed by atoms with Crippen LogP contribution >= 0.6 is 0 Å². The fourth-order valence-electron chi connectivity index (χ4n) is 2.45. The number of aromatic nitrogens is 5. The van der Waals surface area contributed by atoms with E-state index in [9.17, 15) is 9.59 Å². The van der Waals surface area contributed by atoms with Gasteiger partial charge in [-0.1, -0.05) is 6.08 Å². The van der Waals surface area contributed by atoms with E-state index in [1.54, 1.807) is 11.4 Å². The Hall–Kier alpha value is -2.57. The topological polar surface area (TPSA) is 77.1 Å². The van der Waals surface area contributed by atoms with Gasteiger partial charge < -0.3 is 4.98 Å². The summed E-state index contributed by atoms with van der Waals surface area (Å²) in [4.78, 5) is 32.2. The minimum absolute atomic E-state index is 0.178. The number of rotatable bonds is 2. The predicted molar refractivity (Wildman–Crippen MR) is 76.2 cm³/mol.